The van der Waals surface area contributed by atoms with E-state index in [1.807, 2.05) is 0 Å². The number of hydrogen-bond acceptors (Lipinski definition) is 3. The summed E-state index contributed by atoms with van der Waals surface area (Å²) in [6.07, 6.45) is -1.67. The van der Waals surface area contributed by atoms with Crippen molar-refractivity contribution in [3.8, 4) is 5.75 Å². The number of alkyl halides is 3. The second-order valence-corrected chi connectivity index (χ2v) is 5.30. The monoisotopic (exact) mass is 363 g/mol. The largest absolute Gasteiger partial charge is 0.484 e. The summed E-state index contributed by atoms with van der Waals surface area (Å²) < 4.78 is 42.7. The van der Waals surface area contributed by atoms with E-state index < -0.39 is 11.7 Å². The van der Waals surface area contributed by atoms with Gasteiger partial charge >= 0.3 is 6.18 Å². The van der Waals surface area contributed by atoms with E-state index in [9.17, 15) is 22.8 Å². The van der Waals surface area contributed by atoms with Gasteiger partial charge in [-0.25, -0.2) is 0 Å². The van der Waals surface area contributed by atoms with Crippen molar-refractivity contribution in [3.63, 3.8) is 0 Å². The molecule has 0 heterocycles. The van der Waals surface area contributed by atoms with E-state index in [2.05, 4.69) is 5.32 Å². The highest BCUT2D eigenvalue weighted by Crippen LogP contribution is 2.29. The van der Waals surface area contributed by atoms with Crippen LogP contribution >= 0.6 is 0 Å². The number of ketones is 1. The van der Waals surface area contributed by atoms with Gasteiger partial charge in [0.1, 0.15) is 5.75 Å². The van der Waals surface area contributed by atoms with Gasteiger partial charge in [0.25, 0.3) is 5.91 Å². The van der Waals surface area contributed by atoms with Crippen LogP contribution < -0.4 is 10.1 Å². The van der Waals surface area contributed by atoms with Crippen LogP contribution in [0.4, 0.5) is 13.2 Å². The Kier molecular flexibility index (Phi) is 6.16. The van der Waals surface area contributed by atoms with Gasteiger partial charge in [-0.3, -0.25) is 9.59 Å². The Labute approximate surface area is 148 Å². The van der Waals surface area contributed by atoms with Gasteiger partial charge in [-0.2, -0.15) is 13.2 Å². The topological polar surface area (TPSA) is 55.4 Å². The number of carbonyl (C=O) groups excluding carboxylic acids is 2. The first-order chi connectivity index (χ1) is 12.3. The number of allylic oxidation sites excluding steroid dienone is 1. The second kappa shape index (κ2) is 8.33. The van der Waals surface area contributed by atoms with Gasteiger partial charge in [-0.1, -0.05) is 18.2 Å². The Hall–Kier alpha value is -3.09. The quantitative estimate of drug-likeness (QED) is 0.629. The van der Waals surface area contributed by atoms with E-state index in [4.69, 9.17) is 4.74 Å². The van der Waals surface area contributed by atoms with Crippen molar-refractivity contribution in [1.82, 2.24) is 5.32 Å². The van der Waals surface area contributed by atoms with Crippen molar-refractivity contribution in [1.29, 1.82) is 0 Å². The SMILES string of the molecule is CNC(=O)COc1ccc(C(=O)/C=C/c2ccc(C(F)(F)F)cc2)cc1. The van der Waals surface area contributed by atoms with Crippen molar-refractivity contribution >= 4 is 17.8 Å². The summed E-state index contributed by atoms with van der Waals surface area (Å²) in [5.74, 6) is -0.135. The number of likely N-dealkylation sites (N-methyl/N-ethyl adjacent to an activating group) is 1. The standard InChI is InChI=1S/C19H16F3NO3/c1-23-18(25)12-26-16-9-5-14(6-10-16)17(24)11-4-13-2-7-15(8-3-13)19(20,21)22/h2-11H,12H2,1H3,(H,23,25)/b11-4+. The molecule has 0 spiro atoms. The van der Waals surface area contributed by atoms with Crippen LogP contribution in [-0.2, 0) is 11.0 Å². The van der Waals surface area contributed by atoms with Gasteiger partial charge in [0.15, 0.2) is 12.4 Å². The molecule has 0 unspecified atom stereocenters. The maximum atomic E-state index is 12.5. The lowest BCUT2D eigenvalue weighted by molar-refractivity contribution is -0.137. The summed E-state index contributed by atoms with van der Waals surface area (Å²) in [6.45, 7) is -0.127. The molecule has 2 aromatic carbocycles. The zero-order valence-electron chi connectivity index (χ0n) is 13.8. The van der Waals surface area contributed by atoms with E-state index in [-0.39, 0.29) is 18.3 Å². The normalized spacial score (nSPS) is 11.4. The summed E-state index contributed by atoms with van der Waals surface area (Å²) in [5, 5.41) is 2.42. The fourth-order valence-electron chi connectivity index (χ4n) is 1.99. The lowest BCUT2D eigenvalue weighted by Crippen LogP contribution is -2.24. The van der Waals surface area contributed by atoms with Gasteiger partial charge in [-0.05, 0) is 48.0 Å². The molecule has 2 aromatic rings. The summed E-state index contributed by atoms with van der Waals surface area (Å²) in [4.78, 5) is 23.2. The molecule has 0 aromatic heterocycles. The smallest absolute Gasteiger partial charge is 0.416 e. The number of nitrogens with one attached hydrogen (secondary N) is 1. The number of rotatable bonds is 6. The predicted octanol–water partition coefficient (Wildman–Crippen LogP) is 3.73. The first-order valence-electron chi connectivity index (χ1n) is 7.62. The molecule has 0 aliphatic carbocycles. The average Bonchev–Trinajstić information content (AvgIpc) is 2.64. The Morgan fingerprint density at radius 3 is 2.19 bits per heavy atom. The molecule has 0 aliphatic rings. The van der Waals surface area contributed by atoms with Gasteiger partial charge in [0.05, 0.1) is 5.56 Å². The van der Waals surface area contributed by atoms with Crippen molar-refractivity contribution in [2.75, 3.05) is 13.7 Å². The number of amides is 1. The van der Waals surface area contributed by atoms with E-state index in [0.29, 0.717) is 16.9 Å². The predicted molar refractivity (Wildman–Crippen MR) is 90.8 cm³/mol. The fourth-order valence-corrected chi connectivity index (χ4v) is 1.99. The maximum Gasteiger partial charge on any atom is 0.416 e. The lowest BCUT2D eigenvalue weighted by atomic mass is 10.1. The Bertz CT molecular complexity index is 794. The van der Waals surface area contributed by atoms with Crippen LogP contribution in [0.5, 0.6) is 5.75 Å². The first-order valence-corrected chi connectivity index (χ1v) is 7.62. The second-order valence-electron chi connectivity index (χ2n) is 5.30. The third kappa shape index (κ3) is 5.47. The molecule has 0 fully saturated rings. The Morgan fingerprint density at radius 1 is 1.04 bits per heavy atom. The lowest BCUT2D eigenvalue weighted by Gasteiger charge is -2.06. The molecule has 0 saturated carbocycles. The molecule has 0 atom stereocenters. The molecular formula is C19H16F3NO3. The number of ether oxygens (including phenoxy) is 1. The molecule has 0 aliphatic heterocycles. The van der Waals surface area contributed by atoms with Crippen molar-refractivity contribution in [2.24, 2.45) is 0 Å². The molecule has 0 saturated heterocycles. The Balaban J connectivity index is 1.98. The highest BCUT2D eigenvalue weighted by molar-refractivity contribution is 6.06. The summed E-state index contributed by atoms with van der Waals surface area (Å²) in [6, 6.07) is 10.7. The minimum absolute atomic E-state index is 0.127. The zero-order chi connectivity index (χ0) is 19.2. The number of benzene rings is 2. The van der Waals surface area contributed by atoms with E-state index >= 15 is 0 Å². The molecule has 1 N–H and O–H groups in total. The molecule has 7 heteroatoms. The summed E-state index contributed by atoms with van der Waals surface area (Å²) in [7, 11) is 1.50. The highest BCUT2D eigenvalue weighted by Gasteiger charge is 2.29. The molecule has 1 amide bonds. The molecule has 2 rings (SSSR count). The molecule has 0 radical (unpaired) electrons. The van der Waals surface area contributed by atoms with Crippen LogP contribution in [0.1, 0.15) is 21.5 Å². The van der Waals surface area contributed by atoms with Crippen LogP contribution in [-0.4, -0.2) is 25.3 Å². The minimum Gasteiger partial charge on any atom is -0.484 e. The average molecular weight is 363 g/mol. The van der Waals surface area contributed by atoms with Gasteiger partial charge in [-0.15, -0.1) is 0 Å². The van der Waals surface area contributed by atoms with Gasteiger partial charge in [0, 0.05) is 12.6 Å². The van der Waals surface area contributed by atoms with Gasteiger partial charge < -0.3 is 10.1 Å². The van der Waals surface area contributed by atoms with Crippen LogP contribution in [0.25, 0.3) is 6.08 Å². The van der Waals surface area contributed by atoms with Crippen LogP contribution in [0.3, 0.4) is 0 Å². The maximum absolute atomic E-state index is 12.5. The van der Waals surface area contributed by atoms with Crippen molar-refractivity contribution < 1.29 is 27.5 Å². The minimum atomic E-state index is -4.39. The Morgan fingerprint density at radius 2 is 1.65 bits per heavy atom. The molecular weight excluding hydrogens is 347 g/mol. The molecule has 26 heavy (non-hydrogen) atoms. The molecule has 136 valence electrons. The van der Waals surface area contributed by atoms with Gasteiger partial charge in [0.2, 0.25) is 0 Å². The first kappa shape index (κ1) is 19.2. The summed E-state index contributed by atoms with van der Waals surface area (Å²) in [5.41, 5.74) is 0.130. The zero-order valence-corrected chi connectivity index (χ0v) is 13.8. The number of halogens is 3. The van der Waals surface area contributed by atoms with Crippen LogP contribution in [0.2, 0.25) is 0 Å². The van der Waals surface area contributed by atoms with Crippen molar-refractivity contribution in [3.05, 3.63) is 71.3 Å². The van der Waals surface area contributed by atoms with E-state index in [0.717, 1.165) is 12.1 Å². The molecule has 0 bridgehead atoms. The molecule has 4 nitrogen and oxygen atoms in total. The van der Waals surface area contributed by atoms with Crippen molar-refractivity contribution in [2.45, 2.75) is 6.18 Å². The van der Waals surface area contributed by atoms with E-state index in [1.54, 1.807) is 24.3 Å². The van der Waals surface area contributed by atoms with Crippen LogP contribution in [0, 0.1) is 0 Å². The van der Waals surface area contributed by atoms with E-state index in [1.165, 1.54) is 31.3 Å². The fraction of sp³-hybridized carbons (Fsp3) is 0.158. The third-order valence-electron chi connectivity index (χ3n) is 3.45. The number of carbonyl (C=O) groups is 2. The highest BCUT2D eigenvalue weighted by atomic mass is 19.4. The van der Waals surface area contributed by atoms with Crippen LogP contribution in [0.15, 0.2) is 54.6 Å². The third-order valence-corrected chi connectivity index (χ3v) is 3.45. The summed E-state index contributed by atoms with van der Waals surface area (Å²) >= 11 is 0. The number of hydrogen-bond donors (Lipinski definition) is 1.